The Labute approximate surface area is 105 Å². The Morgan fingerprint density at radius 1 is 1.29 bits per heavy atom. The van der Waals surface area contributed by atoms with Crippen LogP contribution in [0.4, 0.5) is 5.69 Å². The molecule has 0 amide bonds. The van der Waals surface area contributed by atoms with E-state index in [0.29, 0.717) is 5.92 Å². The fourth-order valence-electron chi connectivity index (χ4n) is 1.57. The largest absolute Gasteiger partial charge is 0.380 e. The zero-order chi connectivity index (χ0) is 12.9. The third kappa shape index (κ3) is 6.27. The zero-order valence-corrected chi connectivity index (χ0v) is 11.7. The highest BCUT2D eigenvalue weighted by Gasteiger charge is 2.09. The van der Waals surface area contributed by atoms with E-state index >= 15 is 0 Å². The van der Waals surface area contributed by atoms with Crippen molar-refractivity contribution in [3.8, 4) is 0 Å². The van der Waals surface area contributed by atoms with Gasteiger partial charge in [0.1, 0.15) is 0 Å². The first-order chi connectivity index (χ1) is 7.87. The molecule has 0 aliphatic rings. The van der Waals surface area contributed by atoms with E-state index in [-0.39, 0.29) is 5.54 Å². The highest BCUT2D eigenvalue weighted by atomic mass is 15.0. The molecular weight excluding hydrogens is 210 g/mol. The van der Waals surface area contributed by atoms with Crippen LogP contribution in [-0.2, 0) is 6.54 Å². The molecule has 1 aromatic rings. The molecule has 0 bridgehead atoms. The molecule has 0 saturated carbocycles. The van der Waals surface area contributed by atoms with Gasteiger partial charge in [-0.05, 0) is 45.4 Å². The summed E-state index contributed by atoms with van der Waals surface area (Å²) in [5, 5.41) is 6.85. The van der Waals surface area contributed by atoms with Crippen LogP contribution in [0.3, 0.4) is 0 Å². The molecule has 0 spiro atoms. The summed E-state index contributed by atoms with van der Waals surface area (Å²) in [7, 11) is 0. The number of pyridine rings is 1. The summed E-state index contributed by atoms with van der Waals surface area (Å²) in [5.41, 5.74) is 2.30. The molecule has 0 saturated heterocycles. The zero-order valence-electron chi connectivity index (χ0n) is 11.7. The molecule has 0 aliphatic heterocycles. The monoisotopic (exact) mass is 235 g/mol. The Kier molecular flexibility index (Phi) is 4.94. The van der Waals surface area contributed by atoms with Crippen LogP contribution in [0, 0.1) is 5.92 Å². The van der Waals surface area contributed by atoms with Crippen LogP contribution >= 0.6 is 0 Å². The van der Waals surface area contributed by atoms with Crippen molar-refractivity contribution in [3.63, 3.8) is 0 Å². The maximum absolute atomic E-state index is 4.36. The van der Waals surface area contributed by atoms with Gasteiger partial charge in [0.25, 0.3) is 0 Å². The van der Waals surface area contributed by atoms with Crippen LogP contribution in [0.15, 0.2) is 18.3 Å². The second kappa shape index (κ2) is 6.01. The van der Waals surface area contributed by atoms with E-state index in [1.165, 1.54) is 0 Å². The van der Waals surface area contributed by atoms with Gasteiger partial charge >= 0.3 is 0 Å². The number of hydrogen-bond donors (Lipinski definition) is 2. The van der Waals surface area contributed by atoms with Crippen LogP contribution in [0.25, 0.3) is 0 Å². The van der Waals surface area contributed by atoms with Crippen molar-refractivity contribution in [2.45, 2.75) is 46.7 Å². The molecule has 1 heterocycles. The molecule has 3 nitrogen and oxygen atoms in total. The van der Waals surface area contributed by atoms with Gasteiger partial charge in [0.15, 0.2) is 0 Å². The van der Waals surface area contributed by atoms with Crippen molar-refractivity contribution in [3.05, 3.63) is 24.0 Å². The maximum Gasteiger partial charge on any atom is 0.0562 e. The van der Waals surface area contributed by atoms with Crippen LogP contribution in [0.2, 0.25) is 0 Å². The van der Waals surface area contributed by atoms with Gasteiger partial charge in [-0.2, -0.15) is 0 Å². The maximum atomic E-state index is 4.36. The number of nitrogens with zero attached hydrogens (tertiary/aromatic N) is 1. The van der Waals surface area contributed by atoms with Crippen LogP contribution in [0.5, 0.6) is 0 Å². The van der Waals surface area contributed by atoms with Gasteiger partial charge in [0, 0.05) is 24.0 Å². The smallest absolute Gasteiger partial charge is 0.0562 e. The van der Waals surface area contributed by atoms with E-state index in [2.05, 4.69) is 56.3 Å². The normalized spacial score (nSPS) is 11.9. The number of hydrogen-bond acceptors (Lipinski definition) is 3. The minimum Gasteiger partial charge on any atom is -0.380 e. The van der Waals surface area contributed by atoms with E-state index in [9.17, 15) is 0 Å². The Morgan fingerprint density at radius 3 is 2.59 bits per heavy atom. The van der Waals surface area contributed by atoms with Gasteiger partial charge in [0.05, 0.1) is 5.69 Å². The van der Waals surface area contributed by atoms with E-state index in [4.69, 9.17) is 0 Å². The summed E-state index contributed by atoms with van der Waals surface area (Å²) in [5.74, 6) is 0.672. The quantitative estimate of drug-likeness (QED) is 0.823. The highest BCUT2D eigenvalue weighted by molar-refractivity contribution is 5.45. The Bertz CT molecular complexity index is 340. The minimum absolute atomic E-state index is 0.0873. The van der Waals surface area contributed by atoms with Crippen molar-refractivity contribution < 1.29 is 0 Å². The fraction of sp³-hybridized carbons (Fsp3) is 0.643. The summed E-state index contributed by atoms with van der Waals surface area (Å²) in [6.45, 7) is 12.7. The molecule has 3 heteroatoms. The molecule has 0 aliphatic carbocycles. The fourth-order valence-corrected chi connectivity index (χ4v) is 1.57. The summed E-state index contributed by atoms with van der Waals surface area (Å²) < 4.78 is 0. The second-order valence-electron chi connectivity index (χ2n) is 5.94. The second-order valence-corrected chi connectivity index (χ2v) is 5.94. The topological polar surface area (TPSA) is 37.0 Å². The molecule has 1 aromatic heterocycles. The van der Waals surface area contributed by atoms with Gasteiger partial charge in [-0.15, -0.1) is 0 Å². The Morgan fingerprint density at radius 2 is 2.00 bits per heavy atom. The van der Waals surface area contributed by atoms with E-state index in [0.717, 1.165) is 24.5 Å². The van der Waals surface area contributed by atoms with Crippen LogP contribution in [0.1, 0.15) is 40.3 Å². The SMILES string of the molecule is CC(C)CNCc1cc(NC(C)(C)C)ccn1. The number of nitrogens with one attached hydrogen (secondary N) is 2. The van der Waals surface area contributed by atoms with Gasteiger partial charge in [-0.1, -0.05) is 13.8 Å². The highest BCUT2D eigenvalue weighted by Crippen LogP contribution is 2.14. The lowest BCUT2D eigenvalue weighted by Crippen LogP contribution is -2.26. The van der Waals surface area contributed by atoms with Crippen LogP contribution in [-0.4, -0.2) is 17.1 Å². The molecule has 0 unspecified atom stereocenters. The molecular formula is C14H25N3. The molecule has 0 aromatic carbocycles. The van der Waals surface area contributed by atoms with Gasteiger partial charge in [0.2, 0.25) is 0 Å². The number of aromatic nitrogens is 1. The predicted octanol–water partition coefficient (Wildman–Crippen LogP) is 3.04. The van der Waals surface area contributed by atoms with Gasteiger partial charge in [-0.25, -0.2) is 0 Å². The number of anilines is 1. The summed E-state index contributed by atoms with van der Waals surface area (Å²) in [4.78, 5) is 4.36. The van der Waals surface area contributed by atoms with Crippen LogP contribution < -0.4 is 10.6 Å². The van der Waals surface area contributed by atoms with Crippen molar-refractivity contribution in [1.82, 2.24) is 10.3 Å². The molecule has 0 atom stereocenters. The average Bonchev–Trinajstić information content (AvgIpc) is 2.14. The minimum atomic E-state index is 0.0873. The van der Waals surface area contributed by atoms with E-state index in [1.54, 1.807) is 0 Å². The Hall–Kier alpha value is -1.09. The standard InChI is InChI=1S/C14H25N3/c1-11(2)9-15-10-13-8-12(6-7-16-13)17-14(3,4)5/h6-8,11,15H,9-10H2,1-5H3,(H,16,17). The molecule has 2 N–H and O–H groups in total. The van der Waals surface area contributed by atoms with Gasteiger partial charge in [-0.3, -0.25) is 4.98 Å². The lowest BCUT2D eigenvalue weighted by molar-refractivity contribution is 0.548. The average molecular weight is 235 g/mol. The summed E-state index contributed by atoms with van der Waals surface area (Å²) >= 11 is 0. The van der Waals surface area contributed by atoms with Gasteiger partial charge < -0.3 is 10.6 Å². The third-order valence-electron chi connectivity index (χ3n) is 2.19. The van der Waals surface area contributed by atoms with Crippen molar-refractivity contribution in [1.29, 1.82) is 0 Å². The predicted molar refractivity (Wildman–Crippen MR) is 74.2 cm³/mol. The molecule has 0 radical (unpaired) electrons. The summed E-state index contributed by atoms with van der Waals surface area (Å²) in [6.07, 6.45) is 1.86. The van der Waals surface area contributed by atoms with Crippen molar-refractivity contribution >= 4 is 5.69 Å². The van der Waals surface area contributed by atoms with E-state index < -0.39 is 0 Å². The first kappa shape index (κ1) is 14.0. The lowest BCUT2D eigenvalue weighted by atomic mass is 10.1. The lowest BCUT2D eigenvalue weighted by Gasteiger charge is -2.22. The summed E-state index contributed by atoms with van der Waals surface area (Å²) in [6, 6.07) is 4.12. The molecule has 0 fully saturated rings. The first-order valence-electron chi connectivity index (χ1n) is 6.30. The van der Waals surface area contributed by atoms with Crippen molar-refractivity contribution in [2.24, 2.45) is 5.92 Å². The number of rotatable bonds is 5. The third-order valence-corrected chi connectivity index (χ3v) is 2.19. The Balaban J connectivity index is 2.54. The first-order valence-corrected chi connectivity index (χ1v) is 6.30. The van der Waals surface area contributed by atoms with E-state index in [1.807, 2.05) is 12.3 Å². The molecule has 96 valence electrons. The molecule has 17 heavy (non-hydrogen) atoms. The van der Waals surface area contributed by atoms with Crippen molar-refractivity contribution in [2.75, 3.05) is 11.9 Å². The molecule has 1 rings (SSSR count).